The summed E-state index contributed by atoms with van der Waals surface area (Å²) in [5.41, 5.74) is 0.206. The Balaban J connectivity index is 2.47. The van der Waals surface area contributed by atoms with Gasteiger partial charge in [0.15, 0.2) is 0 Å². The zero-order valence-corrected chi connectivity index (χ0v) is 11.6. The summed E-state index contributed by atoms with van der Waals surface area (Å²) in [6, 6.07) is 11.7. The Hall–Kier alpha value is -2.23. The van der Waals surface area contributed by atoms with Crippen LogP contribution < -0.4 is 4.72 Å². The number of sulfonamides is 1. The molecule has 0 radical (unpaired) electrons. The van der Waals surface area contributed by atoms with E-state index in [1.807, 2.05) is 6.07 Å². The molecule has 7 heteroatoms. The molecule has 0 heterocycles. The lowest BCUT2D eigenvalue weighted by Crippen LogP contribution is -2.13. The first kappa shape index (κ1) is 14.2. The number of hydrogen-bond donors (Lipinski definition) is 2. The summed E-state index contributed by atoms with van der Waals surface area (Å²) in [4.78, 5) is -0.221. The molecule has 0 aliphatic carbocycles. The highest BCUT2D eigenvalue weighted by atomic mass is 35.5. The van der Waals surface area contributed by atoms with Crippen LogP contribution in [-0.4, -0.2) is 13.5 Å². The standard InChI is InChI=1S/C13H9ClN2O3S/c14-10-6-5-9(8-15)7-13(10)20(18,19)16-11-3-1-2-4-12(11)17/h1-7,16-17H. The molecule has 0 unspecified atom stereocenters. The van der Waals surface area contributed by atoms with Crippen molar-refractivity contribution in [3.8, 4) is 11.8 Å². The molecule has 20 heavy (non-hydrogen) atoms. The summed E-state index contributed by atoms with van der Waals surface area (Å²) in [6.45, 7) is 0. The maximum Gasteiger partial charge on any atom is 0.263 e. The third-order valence-corrected chi connectivity index (χ3v) is 4.35. The Morgan fingerprint density at radius 3 is 2.55 bits per heavy atom. The van der Waals surface area contributed by atoms with E-state index >= 15 is 0 Å². The van der Waals surface area contributed by atoms with Crippen molar-refractivity contribution in [3.05, 3.63) is 53.1 Å². The fourth-order valence-electron chi connectivity index (χ4n) is 1.54. The molecular weight excluding hydrogens is 300 g/mol. The molecule has 2 aromatic carbocycles. The van der Waals surface area contributed by atoms with E-state index in [1.165, 1.54) is 30.3 Å². The van der Waals surface area contributed by atoms with Gasteiger partial charge in [-0.2, -0.15) is 5.26 Å². The van der Waals surface area contributed by atoms with E-state index in [0.717, 1.165) is 0 Å². The van der Waals surface area contributed by atoms with Gasteiger partial charge in [0.25, 0.3) is 10.0 Å². The van der Waals surface area contributed by atoms with Gasteiger partial charge in [0.05, 0.1) is 22.3 Å². The van der Waals surface area contributed by atoms with Crippen molar-refractivity contribution in [1.82, 2.24) is 0 Å². The number of nitrogens with one attached hydrogen (secondary N) is 1. The van der Waals surface area contributed by atoms with Crippen LogP contribution in [0.2, 0.25) is 5.02 Å². The van der Waals surface area contributed by atoms with Crippen LogP contribution in [0.4, 0.5) is 5.69 Å². The maximum atomic E-state index is 12.2. The van der Waals surface area contributed by atoms with Gasteiger partial charge in [0, 0.05) is 0 Å². The molecule has 0 atom stereocenters. The molecule has 5 nitrogen and oxygen atoms in total. The minimum Gasteiger partial charge on any atom is -0.506 e. The number of nitrogens with zero attached hydrogens (tertiary/aromatic N) is 1. The van der Waals surface area contributed by atoms with Gasteiger partial charge >= 0.3 is 0 Å². The van der Waals surface area contributed by atoms with Gasteiger partial charge in [-0.3, -0.25) is 4.72 Å². The topological polar surface area (TPSA) is 90.2 Å². The van der Waals surface area contributed by atoms with Crippen molar-refractivity contribution in [1.29, 1.82) is 5.26 Å². The molecule has 2 aromatic rings. The Kier molecular flexibility index (Phi) is 3.84. The average Bonchev–Trinajstić information content (AvgIpc) is 2.41. The molecule has 2 rings (SSSR count). The zero-order chi connectivity index (χ0) is 14.8. The Bertz CT molecular complexity index is 798. The van der Waals surface area contributed by atoms with Gasteiger partial charge in [-0.05, 0) is 30.3 Å². The second-order valence-corrected chi connectivity index (χ2v) is 5.94. The van der Waals surface area contributed by atoms with Crippen molar-refractivity contribution < 1.29 is 13.5 Å². The van der Waals surface area contributed by atoms with Crippen molar-refractivity contribution in [3.63, 3.8) is 0 Å². The highest BCUT2D eigenvalue weighted by Gasteiger charge is 2.19. The van der Waals surface area contributed by atoms with E-state index in [9.17, 15) is 13.5 Å². The van der Waals surface area contributed by atoms with Crippen LogP contribution in [0.1, 0.15) is 5.56 Å². The highest BCUT2D eigenvalue weighted by Crippen LogP contribution is 2.28. The first-order chi connectivity index (χ1) is 9.44. The molecule has 2 N–H and O–H groups in total. The highest BCUT2D eigenvalue weighted by molar-refractivity contribution is 7.92. The Morgan fingerprint density at radius 1 is 1.20 bits per heavy atom. The second-order valence-electron chi connectivity index (χ2n) is 3.88. The minimum absolute atomic E-state index is 0.00748. The van der Waals surface area contributed by atoms with Crippen LogP contribution in [0, 0.1) is 11.3 Å². The van der Waals surface area contributed by atoms with E-state index in [0.29, 0.717) is 0 Å². The zero-order valence-electron chi connectivity index (χ0n) is 10.0. The third-order valence-electron chi connectivity index (χ3n) is 2.50. The SMILES string of the molecule is N#Cc1ccc(Cl)c(S(=O)(=O)Nc2ccccc2O)c1. The van der Waals surface area contributed by atoms with Crippen LogP contribution in [-0.2, 0) is 10.0 Å². The number of anilines is 1. The lowest BCUT2D eigenvalue weighted by molar-refractivity contribution is 0.477. The molecule has 0 aromatic heterocycles. The first-order valence-electron chi connectivity index (χ1n) is 5.44. The van der Waals surface area contributed by atoms with Gasteiger partial charge in [0.2, 0.25) is 0 Å². The number of para-hydroxylation sites is 2. The lowest BCUT2D eigenvalue weighted by Gasteiger charge is -2.10. The van der Waals surface area contributed by atoms with Crippen LogP contribution in [0.25, 0.3) is 0 Å². The maximum absolute atomic E-state index is 12.2. The van der Waals surface area contributed by atoms with Crippen LogP contribution in [0.5, 0.6) is 5.75 Å². The molecule has 0 fully saturated rings. The summed E-state index contributed by atoms with van der Waals surface area (Å²) in [5, 5.41) is 18.4. The molecule has 0 amide bonds. The predicted molar refractivity (Wildman–Crippen MR) is 75.1 cm³/mol. The average molecular weight is 309 g/mol. The number of halogens is 1. The molecule has 0 bridgehead atoms. The summed E-state index contributed by atoms with van der Waals surface area (Å²) < 4.78 is 26.7. The van der Waals surface area contributed by atoms with Gasteiger partial charge in [-0.1, -0.05) is 23.7 Å². The lowest BCUT2D eigenvalue weighted by atomic mass is 10.2. The van der Waals surface area contributed by atoms with Gasteiger partial charge in [-0.15, -0.1) is 0 Å². The fourth-order valence-corrected chi connectivity index (χ4v) is 3.14. The predicted octanol–water partition coefficient (Wildman–Crippen LogP) is 2.72. The van der Waals surface area contributed by atoms with Gasteiger partial charge in [-0.25, -0.2) is 8.42 Å². The van der Waals surface area contributed by atoms with E-state index in [1.54, 1.807) is 12.1 Å². The van der Waals surface area contributed by atoms with Gasteiger partial charge in [0.1, 0.15) is 10.6 Å². The number of phenols is 1. The van der Waals surface area contributed by atoms with E-state index in [2.05, 4.69) is 4.72 Å². The second kappa shape index (κ2) is 5.41. The number of benzene rings is 2. The summed E-state index contributed by atoms with van der Waals surface area (Å²) in [6.07, 6.45) is 0. The van der Waals surface area contributed by atoms with Crippen molar-refractivity contribution in [2.24, 2.45) is 0 Å². The number of phenolic OH excluding ortho intramolecular Hbond substituents is 1. The normalized spacial score (nSPS) is 10.8. The quantitative estimate of drug-likeness (QED) is 0.853. The molecule has 0 aliphatic heterocycles. The van der Waals surface area contributed by atoms with Crippen molar-refractivity contribution in [2.75, 3.05) is 4.72 Å². The third kappa shape index (κ3) is 2.85. The molecule has 102 valence electrons. The van der Waals surface area contributed by atoms with Crippen molar-refractivity contribution >= 4 is 27.3 Å². The Morgan fingerprint density at radius 2 is 1.90 bits per heavy atom. The molecule has 0 spiro atoms. The van der Waals surface area contributed by atoms with E-state index in [4.69, 9.17) is 16.9 Å². The molecule has 0 saturated carbocycles. The first-order valence-corrected chi connectivity index (χ1v) is 7.30. The largest absolute Gasteiger partial charge is 0.506 e. The summed E-state index contributed by atoms with van der Waals surface area (Å²) >= 11 is 5.85. The van der Waals surface area contributed by atoms with Crippen LogP contribution >= 0.6 is 11.6 Å². The number of rotatable bonds is 3. The van der Waals surface area contributed by atoms with E-state index in [-0.39, 0.29) is 26.9 Å². The molecule has 0 aliphatic rings. The monoisotopic (exact) mass is 308 g/mol. The minimum atomic E-state index is -3.99. The molecular formula is C13H9ClN2O3S. The van der Waals surface area contributed by atoms with Gasteiger partial charge < -0.3 is 5.11 Å². The summed E-state index contributed by atoms with van der Waals surface area (Å²) in [5.74, 6) is -0.205. The number of nitriles is 1. The number of hydrogen-bond acceptors (Lipinski definition) is 4. The molecule has 0 saturated heterocycles. The smallest absolute Gasteiger partial charge is 0.263 e. The fraction of sp³-hybridized carbons (Fsp3) is 0. The van der Waals surface area contributed by atoms with Crippen LogP contribution in [0.3, 0.4) is 0 Å². The van der Waals surface area contributed by atoms with Crippen LogP contribution in [0.15, 0.2) is 47.4 Å². The van der Waals surface area contributed by atoms with E-state index < -0.39 is 10.0 Å². The summed E-state index contributed by atoms with van der Waals surface area (Å²) in [7, 11) is -3.99. The Labute approximate surface area is 121 Å². The number of aromatic hydroxyl groups is 1. The van der Waals surface area contributed by atoms with Crippen molar-refractivity contribution in [2.45, 2.75) is 4.90 Å².